The van der Waals surface area contributed by atoms with Crippen molar-refractivity contribution >= 4 is 5.91 Å². The van der Waals surface area contributed by atoms with E-state index in [0.29, 0.717) is 17.7 Å². The predicted octanol–water partition coefficient (Wildman–Crippen LogP) is 3.37. The minimum atomic E-state index is -0.0805. The summed E-state index contributed by atoms with van der Waals surface area (Å²) in [6, 6.07) is 4.01. The molecule has 1 aliphatic rings. The quantitative estimate of drug-likeness (QED) is 0.900. The van der Waals surface area contributed by atoms with Gasteiger partial charge in [-0.25, -0.2) is 0 Å². The van der Waals surface area contributed by atoms with Crippen molar-refractivity contribution < 1.29 is 14.1 Å². The van der Waals surface area contributed by atoms with Crippen molar-refractivity contribution in [3.8, 4) is 5.75 Å². The maximum atomic E-state index is 12.5. The standard InChI is InChI=1S/C19H25N3O3/c1-4-16-18(13(3)25-22-16)19(23)21-14-7-9-15(10-8-14)24-17-6-5-11-20-12(17)2/h5-6,11,14-15H,4,7-10H2,1-3H3,(H,21,23). The van der Waals surface area contributed by atoms with Crippen molar-refractivity contribution in [2.24, 2.45) is 0 Å². The van der Waals surface area contributed by atoms with E-state index in [1.807, 2.05) is 26.0 Å². The highest BCUT2D eigenvalue weighted by Crippen LogP contribution is 2.25. The molecule has 0 aliphatic heterocycles. The van der Waals surface area contributed by atoms with E-state index in [1.54, 1.807) is 13.1 Å². The number of nitrogens with one attached hydrogen (secondary N) is 1. The van der Waals surface area contributed by atoms with Crippen LogP contribution in [0.5, 0.6) is 5.75 Å². The van der Waals surface area contributed by atoms with Crippen LogP contribution in [0, 0.1) is 13.8 Å². The lowest BCUT2D eigenvalue weighted by Gasteiger charge is -2.29. The zero-order chi connectivity index (χ0) is 17.8. The van der Waals surface area contributed by atoms with Crippen LogP contribution in [0.1, 0.15) is 60.1 Å². The Bertz CT molecular complexity index is 733. The molecular formula is C19H25N3O3. The van der Waals surface area contributed by atoms with Crippen LogP contribution < -0.4 is 10.1 Å². The fourth-order valence-electron chi connectivity index (χ4n) is 3.31. The largest absolute Gasteiger partial charge is 0.489 e. The summed E-state index contributed by atoms with van der Waals surface area (Å²) in [6.07, 6.45) is 6.28. The summed E-state index contributed by atoms with van der Waals surface area (Å²) in [5.74, 6) is 1.35. The second-order valence-electron chi connectivity index (χ2n) is 6.57. The number of amides is 1. The van der Waals surface area contributed by atoms with Gasteiger partial charge in [-0.1, -0.05) is 12.1 Å². The molecule has 0 radical (unpaired) electrons. The van der Waals surface area contributed by atoms with Crippen LogP contribution in [-0.4, -0.2) is 28.2 Å². The first-order valence-electron chi connectivity index (χ1n) is 8.92. The Balaban J connectivity index is 1.53. The zero-order valence-corrected chi connectivity index (χ0v) is 15.0. The molecule has 6 heteroatoms. The maximum Gasteiger partial charge on any atom is 0.257 e. The molecule has 0 bridgehead atoms. The van der Waals surface area contributed by atoms with Crippen molar-refractivity contribution in [1.29, 1.82) is 0 Å². The van der Waals surface area contributed by atoms with E-state index >= 15 is 0 Å². The molecule has 0 spiro atoms. The van der Waals surface area contributed by atoms with E-state index in [-0.39, 0.29) is 18.1 Å². The number of pyridine rings is 1. The van der Waals surface area contributed by atoms with Gasteiger partial charge in [0.05, 0.1) is 17.5 Å². The highest BCUT2D eigenvalue weighted by Gasteiger charge is 2.26. The lowest BCUT2D eigenvalue weighted by molar-refractivity contribution is 0.0891. The van der Waals surface area contributed by atoms with Crippen LogP contribution in [-0.2, 0) is 6.42 Å². The molecule has 25 heavy (non-hydrogen) atoms. The highest BCUT2D eigenvalue weighted by atomic mass is 16.5. The van der Waals surface area contributed by atoms with Gasteiger partial charge in [0, 0.05) is 12.2 Å². The summed E-state index contributed by atoms with van der Waals surface area (Å²) in [6.45, 7) is 5.70. The van der Waals surface area contributed by atoms with Crippen LogP contribution in [0.4, 0.5) is 0 Å². The smallest absolute Gasteiger partial charge is 0.257 e. The molecule has 1 amide bonds. The van der Waals surface area contributed by atoms with Gasteiger partial charge in [0.15, 0.2) is 0 Å². The molecule has 6 nitrogen and oxygen atoms in total. The van der Waals surface area contributed by atoms with E-state index in [0.717, 1.165) is 42.8 Å². The number of aromatic nitrogens is 2. The van der Waals surface area contributed by atoms with Crippen molar-refractivity contribution in [2.45, 2.75) is 65.0 Å². The third-order valence-electron chi connectivity index (χ3n) is 4.76. The third kappa shape index (κ3) is 4.00. The first kappa shape index (κ1) is 17.5. The normalized spacial score (nSPS) is 20.3. The molecule has 1 N–H and O–H groups in total. The predicted molar refractivity (Wildman–Crippen MR) is 93.7 cm³/mol. The average Bonchev–Trinajstić information content (AvgIpc) is 2.99. The van der Waals surface area contributed by atoms with Crippen LogP contribution in [0.15, 0.2) is 22.9 Å². The van der Waals surface area contributed by atoms with Gasteiger partial charge in [0.25, 0.3) is 5.91 Å². The first-order valence-corrected chi connectivity index (χ1v) is 8.92. The Hall–Kier alpha value is -2.37. The molecule has 1 fully saturated rings. The summed E-state index contributed by atoms with van der Waals surface area (Å²) in [5.41, 5.74) is 2.22. The Morgan fingerprint density at radius 3 is 2.76 bits per heavy atom. The van der Waals surface area contributed by atoms with Crippen molar-refractivity contribution in [3.63, 3.8) is 0 Å². The van der Waals surface area contributed by atoms with E-state index in [1.165, 1.54) is 0 Å². The van der Waals surface area contributed by atoms with Crippen LogP contribution >= 0.6 is 0 Å². The molecular weight excluding hydrogens is 318 g/mol. The lowest BCUT2D eigenvalue weighted by atomic mass is 9.92. The monoisotopic (exact) mass is 343 g/mol. The summed E-state index contributed by atoms with van der Waals surface area (Å²) < 4.78 is 11.2. The molecule has 0 atom stereocenters. The number of rotatable bonds is 5. The first-order chi connectivity index (χ1) is 12.1. The van der Waals surface area contributed by atoms with Gasteiger partial charge in [-0.3, -0.25) is 9.78 Å². The van der Waals surface area contributed by atoms with Gasteiger partial charge < -0.3 is 14.6 Å². The number of hydrogen-bond acceptors (Lipinski definition) is 5. The Labute approximate surface area is 148 Å². The van der Waals surface area contributed by atoms with Gasteiger partial charge in [0.2, 0.25) is 0 Å². The van der Waals surface area contributed by atoms with Crippen LogP contribution in [0.25, 0.3) is 0 Å². The molecule has 3 rings (SSSR count). The summed E-state index contributed by atoms with van der Waals surface area (Å²) in [5, 5.41) is 7.08. The van der Waals surface area contributed by atoms with Gasteiger partial charge in [-0.15, -0.1) is 0 Å². The fraction of sp³-hybridized carbons (Fsp3) is 0.526. The minimum absolute atomic E-state index is 0.0805. The van der Waals surface area contributed by atoms with E-state index in [9.17, 15) is 4.79 Å². The third-order valence-corrected chi connectivity index (χ3v) is 4.76. The summed E-state index contributed by atoms with van der Waals surface area (Å²) >= 11 is 0. The van der Waals surface area contributed by atoms with E-state index in [2.05, 4.69) is 15.5 Å². The second-order valence-corrected chi connectivity index (χ2v) is 6.57. The minimum Gasteiger partial charge on any atom is -0.489 e. The van der Waals surface area contributed by atoms with Gasteiger partial charge in [0.1, 0.15) is 17.1 Å². The zero-order valence-electron chi connectivity index (χ0n) is 15.0. The molecule has 1 aliphatic carbocycles. The highest BCUT2D eigenvalue weighted by molar-refractivity contribution is 5.96. The van der Waals surface area contributed by atoms with Crippen LogP contribution in [0.3, 0.4) is 0 Å². The van der Waals surface area contributed by atoms with Crippen molar-refractivity contribution in [2.75, 3.05) is 0 Å². The SMILES string of the molecule is CCc1noc(C)c1C(=O)NC1CCC(Oc2cccnc2C)CC1. The van der Waals surface area contributed by atoms with Crippen LogP contribution in [0.2, 0.25) is 0 Å². The average molecular weight is 343 g/mol. The lowest BCUT2D eigenvalue weighted by Crippen LogP contribution is -2.40. The molecule has 134 valence electrons. The summed E-state index contributed by atoms with van der Waals surface area (Å²) in [7, 11) is 0. The second kappa shape index (κ2) is 7.68. The Morgan fingerprint density at radius 2 is 2.08 bits per heavy atom. The number of nitrogens with zero attached hydrogens (tertiary/aromatic N) is 2. The molecule has 0 unspecified atom stereocenters. The van der Waals surface area contributed by atoms with Gasteiger partial charge in [-0.2, -0.15) is 0 Å². The topological polar surface area (TPSA) is 77.2 Å². The molecule has 0 saturated heterocycles. The molecule has 0 aromatic carbocycles. The van der Waals surface area contributed by atoms with E-state index < -0.39 is 0 Å². The Kier molecular flexibility index (Phi) is 5.36. The number of carbonyl (C=O) groups excluding carboxylic acids is 1. The molecule has 2 aromatic rings. The fourth-order valence-corrected chi connectivity index (χ4v) is 3.31. The number of carbonyl (C=O) groups is 1. The van der Waals surface area contributed by atoms with Crippen molar-refractivity contribution in [1.82, 2.24) is 15.5 Å². The summed E-state index contributed by atoms with van der Waals surface area (Å²) in [4.78, 5) is 16.8. The van der Waals surface area contributed by atoms with Gasteiger partial charge >= 0.3 is 0 Å². The number of hydrogen-bond donors (Lipinski definition) is 1. The van der Waals surface area contributed by atoms with Crippen molar-refractivity contribution in [3.05, 3.63) is 41.0 Å². The Morgan fingerprint density at radius 1 is 1.32 bits per heavy atom. The number of aryl methyl sites for hydroxylation is 3. The molecule has 1 saturated carbocycles. The molecule has 2 heterocycles. The number of ether oxygens (including phenoxy) is 1. The molecule has 2 aromatic heterocycles. The van der Waals surface area contributed by atoms with E-state index in [4.69, 9.17) is 9.26 Å². The maximum absolute atomic E-state index is 12.5. The van der Waals surface area contributed by atoms with Gasteiger partial charge in [-0.05, 0) is 58.1 Å².